The molecule has 0 radical (unpaired) electrons. The van der Waals surface area contributed by atoms with Gasteiger partial charge in [-0.15, -0.1) is 0 Å². The van der Waals surface area contributed by atoms with Gasteiger partial charge in [-0.25, -0.2) is 0 Å². The third-order valence-electron chi connectivity index (χ3n) is 3.68. The number of nitrogens with one attached hydrogen (secondary N) is 1. The molecule has 0 saturated heterocycles. The van der Waals surface area contributed by atoms with Crippen LogP contribution >= 0.6 is 12.2 Å². The summed E-state index contributed by atoms with van der Waals surface area (Å²) in [6.07, 6.45) is -1.91. The van der Waals surface area contributed by atoms with Crippen molar-refractivity contribution in [2.24, 2.45) is 5.92 Å². The molecule has 1 N–H and O–H groups in total. The summed E-state index contributed by atoms with van der Waals surface area (Å²) in [7, 11) is 0. The minimum absolute atomic E-state index is 0.108. The number of fused-ring (bicyclic) bond motifs is 1. The Labute approximate surface area is 114 Å². The zero-order chi connectivity index (χ0) is 14.2. The molecule has 2 nitrogen and oxygen atoms in total. The molecule has 1 aliphatic carbocycles. The fourth-order valence-electron chi connectivity index (χ4n) is 2.64. The molecule has 0 aliphatic heterocycles. The van der Waals surface area contributed by atoms with Gasteiger partial charge in [0.25, 0.3) is 0 Å². The zero-order valence-electron chi connectivity index (χ0n) is 10.4. The normalized spacial score (nSPS) is 18.8. The summed E-state index contributed by atoms with van der Waals surface area (Å²) in [6, 6.07) is 1.60. The largest absolute Gasteiger partial charge is 0.418 e. The molecule has 102 valence electrons. The van der Waals surface area contributed by atoms with Gasteiger partial charge in [-0.1, -0.05) is 25.6 Å². The van der Waals surface area contributed by atoms with Gasteiger partial charge in [0.1, 0.15) is 10.7 Å². The molecule has 1 heterocycles. The second kappa shape index (κ2) is 4.97. The molecule has 0 fully saturated rings. The van der Waals surface area contributed by atoms with Gasteiger partial charge in [0.2, 0.25) is 0 Å². The maximum atomic E-state index is 13.2. The lowest BCUT2D eigenvalue weighted by Gasteiger charge is -2.27. The van der Waals surface area contributed by atoms with Crippen LogP contribution in [0.15, 0.2) is 0 Å². The van der Waals surface area contributed by atoms with Crippen LogP contribution in [0, 0.1) is 21.9 Å². The van der Waals surface area contributed by atoms with Gasteiger partial charge in [-0.05, 0) is 30.7 Å². The van der Waals surface area contributed by atoms with Crippen LogP contribution in [-0.2, 0) is 19.0 Å². The maximum Gasteiger partial charge on any atom is 0.418 e. The summed E-state index contributed by atoms with van der Waals surface area (Å²) >= 11 is 4.87. The first kappa shape index (κ1) is 14.1. The fourth-order valence-corrected chi connectivity index (χ4v) is 2.91. The Balaban J connectivity index is 2.72. The van der Waals surface area contributed by atoms with E-state index in [1.54, 1.807) is 6.07 Å². The lowest BCUT2D eigenvalue weighted by molar-refractivity contribution is -0.138. The topological polar surface area (TPSA) is 39.6 Å². The van der Waals surface area contributed by atoms with E-state index in [0.29, 0.717) is 18.5 Å². The summed E-state index contributed by atoms with van der Waals surface area (Å²) in [5.74, 6) is 0.240. The predicted molar refractivity (Wildman–Crippen MR) is 67.1 cm³/mol. The molecule has 6 heteroatoms. The lowest BCUT2D eigenvalue weighted by Crippen LogP contribution is -2.22. The molecule has 1 aromatic rings. The van der Waals surface area contributed by atoms with Crippen LogP contribution in [0.25, 0.3) is 0 Å². The van der Waals surface area contributed by atoms with Crippen molar-refractivity contribution in [1.82, 2.24) is 4.98 Å². The molecule has 1 aliphatic rings. The Morgan fingerprint density at radius 1 is 1.47 bits per heavy atom. The molecule has 0 bridgehead atoms. The number of hydrogen-bond acceptors (Lipinski definition) is 2. The Hall–Kier alpha value is -1.35. The molecule has 1 aromatic heterocycles. The summed E-state index contributed by atoms with van der Waals surface area (Å²) in [4.78, 5) is 2.80. The number of aromatic amines is 1. The number of aromatic nitrogens is 1. The molecule has 0 amide bonds. The third-order valence-corrected chi connectivity index (χ3v) is 3.98. The van der Waals surface area contributed by atoms with Crippen molar-refractivity contribution in [3.05, 3.63) is 27.0 Å². The Bertz CT molecular complexity index is 596. The maximum absolute atomic E-state index is 13.2. The average Bonchev–Trinajstić information content (AvgIpc) is 2.35. The lowest BCUT2D eigenvalue weighted by atomic mass is 9.82. The van der Waals surface area contributed by atoms with Crippen molar-refractivity contribution >= 4 is 12.2 Å². The van der Waals surface area contributed by atoms with Gasteiger partial charge in [-0.2, -0.15) is 18.4 Å². The SMILES string of the molecule is CC[C@@H]1CCc2[nH]c(=S)c(C#N)c(C(F)(F)F)c2C1. The number of alkyl halides is 3. The highest BCUT2D eigenvalue weighted by Crippen LogP contribution is 2.39. The third kappa shape index (κ3) is 2.52. The van der Waals surface area contributed by atoms with Crippen LogP contribution in [0.2, 0.25) is 0 Å². The number of aryl methyl sites for hydroxylation is 1. The Morgan fingerprint density at radius 2 is 2.16 bits per heavy atom. The van der Waals surface area contributed by atoms with Crippen LogP contribution in [0.3, 0.4) is 0 Å². The second-order valence-corrected chi connectivity index (χ2v) is 5.20. The summed E-state index contributed by atoms with van der Waals surface area (Å²) < 4.78 is 39.6. The monoisotopic (exact) mass is 286 g/mol. The van der Waals surface area contributed by atoms with E-state index in [9.17, 15) is 13.2 Å². The van der Waals surface area contributed by atoms with Crippen LogP contribution < -0.4 is 0 Å². The quantitative estimate of drug-likeness (QED) is 0.788. The smallest absolute Gasteiger partial charge is 0.349 e. The van der Waals surface area contributed by atoms with Crippen molar-refractivity contribution in [2.75, 3.05) is 0 Å². The fraction of sp³-hybridized carbons (Fsp3) is 0.538. The minimum Gasteiger partial charge on any atom is -0.349 e. The molecule has 19 heavy (non-hydrogen) atoms. The zero-order valence-corrected chi connectivity index (χ0v) is 11.2. The first-order valence-corrected chi connectivity index (χ1v) is 6.54. The second-order valence-electron chi connectivity index (χ2n) is 4.79. The first-order valence-electron chi connectivity index (χ1n) is 6.13. The van der Waals surface area contributed by atoms with E-state index in [1.165, 1.54) is 0 Å². The van der Waals surface area contributed by atoms with Gasteiger partial charge >= 0.3 is 6.18 Å². The van der Waals surface area contributed by atoms with Crippen molar-refractivity contribution in [2.45, 2.75) is 38.8 Å². The van der Waals surface area contributed by atoms with Crippen LogP contribution in [-0.4, -0.2) is 4.98 Å². The Kier molecular flexibility index (Phi) is 3.68. The molecule has 0 saturated carbocycles. The van der Waals surface area contributed by atoms with E-state index < -0.39 is 17.3 Å². The molecular formula is C13H13F3N2S. The summed E-state index contributed by atoms with van der Waals surface area (Å²) in [5.41, 5.74) is -0.498. The van der Waals surface area contributed by atoms with E-state index in [1.807, 2.05) is 6.92 Å². The number of halogens is 3. The van der Waals surface area contributed by atoms with Crippen molar-refractivity contribution < 1.29 is 13.2 Å². The van der Waals surface area contributed by atoms with Gasteiger partial charge in [-0.3, -0.25) is 0 Å². The van der Waals surface area contributed by atoms with Gasteiger partial charge in [0, 0.05) is 5.69 Å². The van der Waals surface area contributed by atoms with Crippen molar-refractivity contribution in [1.29, 1.82) is 5.26 Å². The molecule has 1 atom stereocenters. The van der Waals surface area contributed by atoms with E-state index >= 15 is 0 Å². The number of H-pyrrole nitrogens is 1. The number of hydrogen-bond donors (Lipinski definition) is 1. The van der Waals surface area contributed by atoms with Gasteiger partial charge < -0.3 is 4.98 Å². The number of pyridine rings is 1. The van der Waals surface area contributed by atoms with Crippen LogP contribution in [0.1, 0.15) is 42.1 Å². The highest BCUT2D eigenvalue weighted by atomic mass is 32.1. The first-order chi connectivity index (χ1) is 8.88. The summed E-state index contributed by atoms with van der Waals surface area (Å²) in [6.45, 7) is 1.97. The standard InChI is InChI=1S/C13H13F3N2S/c1-2-7-3-4-10-8(5-7)11(13(14,15)16)9(6-17)12(19)18-10/h7H,2-5H2,1H3,(H,18,19)/t7-/m1/s1. The van der Waals surface area contributed by atoms with Crippen LogP contribution in [0.4, 0.5) is 13.2 Å². The number of nitriles is 1. The van der Waals surface area contributed by atoms with Crippen LogP contribution in [0.5, 0.6) is 0 Å². The average molecular weight is 286 g/mol. The van der Waals surface area contributed by atoms with E-state index in [0.717, 1.165) is 12.8 Å². The summed E-state index contributed by atoms with van der Waals surface area (Å²) in [5, 5.41) is 8.95. The van der Waals surface area contributed by atoms with Crippen molar-refractivity contribution in [3.8, 4) is 6.07 Å². The van der Waals surface area contributed by atoms with E-state index in [2.05, 4.69) is 4.98 Å². The molecule has 0 aromatic carbocycles. The van der Waals surface area contributed by atoms with E-state index in [-0.39, 0.29) is 16.1 Å². The highest BCUT2D eigenvalue weighted by molar-refractivity contribution is 7.71. The van der Waals surface area contributed by atoms with Gasteiger partial charge in [0.05, 0.1) is 11.1 Å². The van der Waals surface area contributed by atoms with Crippen molar-refractivity contribution in [3.63, 3.8) is 0 Å². The predicted octanol–water partition coefficient (Wildman–Crippen LogP) is 4.15. The molecular weight excluding hydrogens is 273 g/mol. The van der Waals surface area contributed by atoms with E-state index in [4.69, 9.17) is 17.5 Å². The Morgan fingerprint density at radius 3 is 2.68 bits per heavy atom. The number of nitrogens with zero attached hydrogens (tertiary/aromatic N) is 1. The minimum atomic E-state index is -4.53. The molecule has 0 unspecified atom stereocenters. The molecule has 2 rings (SSSR count). The highest BCUT2D eigenvalue weighted by Gasteiger charge is 2.39. The molecule has 0 spiro atoms. The number of rotatable bonds is 1. The van der Waals surface area contributed by atoms with Gasteiger partial charge in [0.15, 0.2) is 0 Å².